The third kappa shape index (κ3) is 4.65. The molecule has 4 rings (SSSR count). The van der Waals surface area contributed by atoms with Gasteiger partial charge in [0.15, 0.2) is 5.16 Å². The molecule has 0 aliphatic heterocycles. The van der Waals surface area contributed by atoms with E-state index in [0.29, 0.717) is 27.4 Å². The van der Waals surface area contributed by atoms with Crippen molar-refractivity contribution >= 4 is 46.2 Å². The van der Waals surface area contributed by atoms with Gasteiger partial charge in [0.05, 0.1) is 22.0 Å². The van der Waals surface area contributed by atoms with E-state index in [-0.39, 0.29) is 17.4 Å². The van der Waals surface area contributed by atoms with E-state index < -0.39 is 11.2 Å². The van der Waals surface area contributed by atoms with Crippen LogP contribution in [0.4, 0.5) is 11.6 Å². The zero-order chi connectivity index (χ0) is 22.7. The van der Waals surface area contributed by atoms with Gasteiger partial charge in [-0.3, -0.25) is 4.79 Å². The molecule has 1 amide bonds. The van der Waals surface area contributed by atoms with E-state index in [4.69, 9.17) is 5.73 Å². The maximum Gasteiger partial charge on any atom is 0.336 e. The van der Waals surface area contributed by atoms with E-state index in [1.165, 1.54) is 18.1 Å². The van der Waals surface area contributed by atoms with Gasteiger partial charge in [-0.15, -0.1) is 0 Å². The number of para-hydroxylation sites is 1. The molecule has 32 heavy (non-hydrogen) atoms. The number of nitrogen functional groups attached to an aromatic ring is 1. The van der Waals surface area contributed by atoms with Crippen LogP contribution in [0, 0.1) is 0 Å². The van der Waals surface area contributed by atoms with Gasteiger partial charge in [-0.25, -0.2) is 19.7 Å². The molecule has 2 aromatic carbocycles. The number of benzene rings is 2. The van der Waals surface area contributed by atoms with Crippen LogP contribution in [0.5, 0.6) is 0 Å². The molecule has 1 unspecified atom stereocenters. The van der Waals surface area contributed by atoms with Crippen molar-refractivity contribution in [1.82, 2.24) is 19.9 Å². The Morgan fingerprint density at radius 2 is 1.81 bits per heavy atom. The summed E-state index contributed by atoms with van der Waals surface area (Å²) in [5.74, 6) is -1.14. The maximum atomic E-state index is 12.5. The van der Waals surface area contributed by atoms with Crippen molar-refractivity contribution in [1.29, 1.82) is 0 Å². The lowest BCUT2D eigenvalue weighted by Gasteiger charge is -2.12. The molecule has 0 radical (unpaired) electrons. The lowest BCUT2D eigenvalue weighted by atomic mass is 10.0. The molecule has 9 nitrogen and oxygen atoms in total. The highest BCUT2D eigenvalue weighted by molar-refractivity contribution is 8.00. The second-order valence-corrected chi connectivity index (χ2v) is 8.14. The summed E-state index contributed by atoms with van der Waals surface area (Å²) in [4.78, 5) is 40.5. The molecule has 0 fully saturated rings. The van der Waals surface area contributed by atoms with E-state index in [1.54, 1.807) is 55.5 Å². The molecule has 4 aromatic rings. The van der Waals surface area contributed by atoms with Crippen molar-refractivity contribution in [2.75, 3.05) is 11.1 Å². The smallest absolute Gasteiger partial charge is 0.336 e. The molecule has 2 aromatic heterocycles. The fraction of sp³-hybridized carbons (Fsp3) is 0.0909. The molecule has 0 saturated heterocycles. The predicted octanol–water partition coefficient (Wildman–Crippen LogP) is 3.49. The Balaban J connectivity index is 1.51. The molecular formula is C22H18N6O3S. The first kappa shape index (κ1) is 21.2. The fourth-order valence-corrected chi connectivity index (χ4v) is 3.77. The zero-order valence-electron chi connectivity index (χ0n) is 16.9. The number of nitrogens with two attached hydrogens (primary N) is 1. The Labute approximate surface area is 187 Å². The predicted molar refractivity (Wildman–Crippen MR) is 122 cm³/mol. The largest absolute Gasteiger partial charge is 0.478 e. The van der Waals surface area contributed by atoms with Crippen molar-refractivity contribution in [3.63, 3.8) is 0 Å². The molecule has 0 aliphatic rings. The SMILES string of the molecule is CC(Sc1ncnc(N)n1)C(=O)Nc1ccc(-c2cc(C(=O)O)c3ccccc3n2)cc1. The molecule has 2 heterocycles. The van der Waals surface area contributed by atoms with Gasteiger partial charge < -0.3 is 16.2 Å². The topological polar surface area (TPSA) is 144 Å². The van der Waals surface area contributed by atoms with Crippen molar-refractivity contribution in [2.24, 2.45) is 0 Å². The van der Waals surface area contributed by atoms with E-state index in [2.05, 4.69) is 25.3 Å². The van der Waals surface area contributed by atoms with Crippen LogP contribution in [-0.2, 0) is 4.79 Å². The molecule has 160 valence electrons. The number of aromatic nitrogens is 4. The first-order valence-corrected chi connectivity index (χ1v) is 10.4. The van der Waals surface area contributed by atoms with Crippen LogP contribution in [0.3, 0.4) is 0 Å². The fourth-order valence-electron chi connectivity index (χ4n) is 3.03. The van der Waals surface area contributed by atoms with Crippen LogP contribution in [0.2, 0.25) is 0 Å². The second-order valence-electron chi connectivity index (χ2n) is 6.83. The van der Waals surface area contributed by atoms with Gasteiger partial charge in [0.1, 0.15) is 6.33 Å². The van der Waals surface area contributed by atoms with Gasteiger partial charge in [0.2, 0.25) is 11.9 Å². The Morgan fingerprint density at radius 3 is 2.53 bits per heavy atom. The van der Waals surface area contributed by atoms with Crippen LogP contribution in [-0.4, -0.2) is 42.2 Å². The van der Waals surface area contributed by atoms with Gasteiger partial charge in [0.25, 0.3) is 0 Å². The van der Waals surface area contributed by atoms with Crippen LogP contribution in [0.15, 0.2) is 66.1 Å². The molecular weight excluding hydrogens is 428 g/mol. The molecule has 1 atom stereocenters. The summed E-state index contributed by atoms with van der Waals surface area (Å²) < 4.78 is 0. The standard InChI is InChI=1S/C22H18N6O3S/c1-12(32-22-25-11-24-21(23)28-22)19(29)26-14-8-6-13(7-9-14)18-10-16(20(30)31)15-4-2-3-5-17(15)27-18/h2-12H,1H3,(H,26,29)(H,30,31)(H2,23,24,25,28). The highest BCUT2D eigenvalue weighted by Gasteiger charge is 2.17. The monoisotopic (exact) mass is 446 g/mol. The summed E-state index contributed by atoms with van der Waals surface area (Å²) >= 11 is 1.17. The van der Waals surface area contributed by atoms with E-state index >= 15 is 0 Å². The number of carbonyl (C=O) groups excluding carboxylic acids is 1. The number of thioether (sulfide) groups is 1. The van der Waals surface area contributed by atoms with Gasteiger partial charge in [0, 0.05) is 16.6 Å². The number of hydrogen-bond donors (Lipinski definition) is 3. The second kappa shape index (κ2) is 8.98. The van der Waals surface area contributed by atoms with Gasteiger partial charge >= 0.3 is 5.97 Å². The van der Waals surface area contributed by atoms with Crippen molar-refractivity contribution in [3.05, 3.63) is 66.5 Å². The molecule has 0 saturated carbocycles. The van der Waals surface area contributed by atoms with Crippen LogP contribution in [0.25, 0.3) is 22.2 Å². The number of hydrogen-bond acceptors (Lipinski definition) is 8. The number of nitrogens with one attached hydrogen (secondary N) is 1. The summed E-state index contributed by atoms with van der Waals surface area (Å²) in [6, 6.07) is 15.7. The number of carboxylic acid groups (broad SMARTS) is 1. The normalized spacial score (nSPS) is 11.8. The number of amides is 1. The average Bonchev–Trinajstić information content (AvgIpc) is 2.78. The Bertz CT molecular complexity index is 1310. The van der Waals surface area contributed by atoms with E-state index in [9.17, 15) is 14.7 Å². The summed E-state index contributed by atoms with van der Waals surface area (Å²) in [5, 5.41) is 12.9. The summed E-state index contributed by atoms with van der Waals surface area (Å²) in [6.45, 7) is 1.74. The first-order chi connectivity index (χ1) is 15.4. The van der Waals surface area contributed by atoms with Crippen molar-refractivity contribution in [3.8, 4) is 11.3 Å². The number of pyridine rings is 1. The molecule has 0 bridgehead atoms. The lowest BCUT2D eigenvalue weighted by molar-refractivity contribution is -0.115. The number of carboxylic acids is 1. The maximum absolute atomic E-state index is 12.5. The lowest BCUT2D eigenvalue weighted by Crippen LogP contribution is -2.22. The zero-order valence-corrected chi connectivity index (χ0v) is 17.7. The number of aromatic carboxylic acids is 1. The summed E-state index contributed by atoms with van der Waals surface area (Å²) in [6.07, 6.45) is 1.30. The number of carbonyl (C=O) groups is 2. The highest BCUT2D eigenvalue weighted by atomic mass is 32.2. The van der Waals surface area contributed by atoms with Crippen molar-refractivity contribution in [2.45, 2.75) is 17.3 Å². The van der Waals surface area contributed by atoms with Gasteiger partial charge in [-0.05, 0) is 31.2 Å². The molecule has 10 heteroatoms. The third-order valence-corrected chi connectivity index (χ3v) is 5.59. The van der Waals surface area contributed by atoms with Crippen molar-refractivity contribution < 1.29 is 14.7 Å². The third-order valence-electron chi connectivity index (χ3n) is 4.61. The van der Waals surface area contributed by atoms with E-state index in [1.807, 2.05) is 6.07 Å². The minimum atomic E-state index is -1.01. The van der Waals surface area contributed by atoms with Gasteiger partial charge in [-0.1, -0.05) is 42.1 Å². The minimum absolute atomic E-state index is 0.0963. The first-order valence-electron chi connectivity index (χ1n) is 9.56. The number of fused-ring (bicyclic) bond motifs is 1. The minimum Gasteiger partial charge on any atom is -0.478 e. The van der Waals surface area contributed by atoms with Crippen LogP contribution < -0.4 is 11.1 Å². The molecule has 0 aliphatic carbocycles. The van der Waals surface area contributed by atoms with Crippen LogP contribution >= 0.6 is 11.8 Å². The summed E-state index contributed by atoms with van der Waals surface area (Å²) in [7, 11) is 0. The Kier molecular flexibility index (Phi) is 5.95. The molecule has 4 N–H and O–H groups in total. The average molecular weight is 446 g/mol. The van der Waals surface area contributed by atoms with Gasteiger partial charge in [-0.2, -0.15) is 4.98 Å². The van der Waals surface area contributed by atoms with Crippen LogP contribution in [0.1, 0.15) is 17.3 Å². The highest BCUT2D eigenvalue weighted by Crippen LogP contribution is 2.26. The number of rotatable bonds is 6. The number of nitrogens with zero attached hydrogens (tertiary/aromatic N) is 4. The number of anilines is 2. The quantitative estimate of drug-likeness (QED) is 0.379. The Hall–Kier alpha value is -4.05. The Morgan fingerprint density at radius 1 is 1.06 bits per heavy atom. The summed E-state index contributed by atoms with van der Waals surface area (Å²) in [5.41, 5.74) is 8.20. The molecule has 0 spiro atoms. The van der Waals surface area contributed by atoms with E-state index in [0.717, 1.165) is 5.56 Å².